The molecule has 0 amide bonds. The fourth-order valence-electron chi connectivity index (χ4n) is 1.85. The van der Waals surface area contributed by atoms with Gasteiger partial charge >= 0.3 is 6.36 Å². The fraction of sp³-hybridized carbons (Fsp3) is 0.455. The second-order valence-corrected chi connectivity index (χ2v) is 4.05. The second-order valence-electron chi connectivity index (χ2n) is 4.05. The minimum absolute atomic E-state index is 0.134. The molecular weight excluding hydrogens is 240 g/mol. The van der Waals surface area contributed by atoms with E-state index in [0.717, 1.165) is 12.5 Å². The number of alkyl halides is 3. The van der Waals surface area contributed by atoms with Gasteiger partial charge in [0.2, 0.25) is 0 Å². The third-order valence-corrected chi connectivity index (χ3v) is 2.87. The maximum atomic E-state index is 13.7. The van der Waals surface area contributed by atoms with Crippen molar-refractivity contribution in [2.24, 2.45) is 0 Å². The maximum absolute atomic E-state index is 13.7. The average Bonchev–Trinajstić information content (AvgIpc) is 2.16. The second kappa shape index (κ2) is 3.87. The van der Waals surface area contributed by atoms with Crippen LogP contribution in [0, 0.1) is 5.82 Å². The van der Waals surface area contributed by atoms with Crippen molar-refractivity contribution in [2.45, 2.75) is 31.2 Å². The lowest BCUT2D eigenvalue weighted by atomic mass is 9.75. The Hall–Kier alpha value is -1.30. The molecule has 2 rings (SSSR count). The molecule has 0 spiro atoms. The normalized spacial score (nSPS) is 18.6. The molecular formula is C11H10F4O2. The summed E-state index contributed by atoms with van der Waals surface area (Å²) in [7, 11) is 0. The number of hydrogen-bond acceptors (Lipinski definition) is 2. The largest absolute Gasteiger partial charge is 0.573 e. The van der Waals surface area contributed by atoms with Gasteiger partial charge in [-0.15, -0.1) is 13.2 Å². The zero-order valence-corrected chi connectivity index (χ0v) is 8.72. The Balaban J connectivity index is 2.33. The Morgan fingerprint density at radius 1 is 1.24 bits per heavy atom. The third kappa shape index (κ3) is 2.36. The Morgan fingerprint density at radius 2 is 1.88 bits per heavy atom. The van der Waals surface area contributed by atoms with Gasteiger partial charge in [-0.25, -0.2) is 4.39 Å². The van der Waals surface area contributed by atoms with E-state index in [4.69, 9.17) is 0 Å². The smallest absolute Gasteiger partial charge is 0.403 e. The molecule has 0 atom stereocenters. The highest BCUT2D eigenvalue weighted by atomic mass is 19.4. The van der Waals surface area contributed by atoms with Crippen LogP contribution in [-0.2, 0) is 5.60 Å². The Morgan fingerprint density at radius 3 is 2.35 bits per heavy atom. The standard InChI is InChI=1S/C11H10F4O2/c12-9-7(10(16)5-2-6-10)3-1-4-8(9)17-11(13,14)15/h1,3-4,16H,2,5-6H2. The van der Waals surface area contributed by atoms with Crippen LogP contribution in [0.15, 0.2) is 18.2 Å². The van der Waals surface area contributed by atoms with Gasteiger partial charge in [0, 0.05) is 5.56 Å². The van der Waals surface area contributed by atoms with Crippen molar-refractivity contribution in [1.29, 1.82) is 0 Å². The van der Waals surface area contributed by atoms with E-state index in [-0.39, 0.29) is 5.56 Å². The highest BCUT2D eigenvalue weighted by Gasteiger charge is 2.40. The van der Waals surface area contributed by atoms with E-state index in [0.29, 0.717) is 12.8 Å². The van der Waals surface area contributed by atoms with Crippen LogP contribution in [0.1, 0.15) is 24.8 Å². The van der Waals surface area contributed by atoms with Crippen molar-refractivity contribution in [3.63, 3.8) is 0 Å². The molecule has 0 saturated heterocycles. The highest BCUT2D eigenvalue weighted by molar-refractivity contribution is 5.35. The van der Waals surface area contributed by atoms with Gasteiger partial charge in [-0.2, -0.15) is 0 Å². The van der Waals surface area contributed by atoms with Gasteiger partial charge in [0.15, 0.2) is 11.6 Å². The van der Waals surface area contributed by atoms with Gasteiger partial charge in [0.05, 0.1) is 5.60 Å². The minimum atomic E-state index is -4.94. The predicted molar refractivity (Wildman–Crippen MR) is 50.8 cm³/mol. The molecule has 6 heteroatoms. The molecule has 1 aliphatic rings. The molecule has 1 N–H and O–H groups in total. The van der Waals surface area contributed by atoms with Crippen LogP contribution in [-0.4, -0.2) is 11.5 Å². The summed E-state index contributed by atoms with van der Waals surface area (Å²) in [6.07, 6.45) is -3.53. The van der Waals surface area contributed by atoms with E-state index < -0.39 is 23.5 Å². The number of halogens is 4. The van der Waals surface area contributed by atoms with Crippen molar-refractivity contribution in [1.82, 2.24) is 0 Å². The molecule has 0 bridgehead atoms. The van der Waals surface area contributed by atoms with Crippen molar-refractivity contribution in [2.75, 3.05) is 0 Å². The summed E-state index contributed by atoms with van der Waals surface area (Å²) >= 11 is 0. The molecule has 2 nitrogen and oxygen atoms in total. The molecule has 1 fully saturated rings. The van der Waals surface area contributed by atoms with E-state index in [1.165, 1.54) is 12.1 Å². The van der Waals surface area contributed by atoms with E-state index in [1.807, 2.05) is 0 Å². The van der Waals surface area contributed by atoms with E-state index in [1.54, 1.807) is 0 Å². The molecule has 0 radical (unpaired) electrons. The lowest BCUT2D eigenvalue weighted by Crippen LogP contribution is -2.34. The third-order valence-electron chi connectivity index (χ3n) is 2.87. The summed E-state index contributed by atoms with van der Waals surface area (Å²) in [4.78, 5) is 0. The molecule has 17 heavy (non-hydrogen) atoms. The van der Waals surface area contributed by atoms with Crippen LogP contribution < -0.4 is 4.74 Å². The van der Waals surface area contributed by atoms with Crippen LogP contribution in [0.4, 0.5) is 17.6 Å². The average molecular weight is 250 g/mol. The lowest BCUT2D eigenvalue weighted by Gasteiger charge is -2.37. The van der Waals surface area contributed by atoms with Crippen molar-refractivity contribution < 1.29 is 27.4 Å². The summed E-state index contributed by atoms with van der Waals surface area (Å²) in [6.45, 7) is 0. The minimum Gasteiger partial charge on any atom is -0.403 e. The summed E-state index contributed by atoms with van der Waals surface area (Å²) < 4.78 is 53.3. The molecule has 1 aliphatic carbocycles. The first kappa shape index (κ1) is 12.2. The molecule has 0 unspecified atom stereocenters. The van der Waals surface area contributed by atoms with Crippen molar-refractivity contribution >= 4 is 0 Å². The number of rotatable bonds is 2. The molecule has 1 saturated carbocycles. The van der Waals surface area contributed by atoms with Crippen molar-refractivity contribution in [3.05, 3.63) is 29.6 Å². The molecule has 1 aromatic carbocycles. The Kier molecular flexibility index (Phi) is 2.77. The molecule has 0 heterocycles. The van der Waals surface area contributed by atoms with E-state index in [2.05, 4.69) is 4.74 Å². The first-order chi connectivity index (χ1) is 7.82. The summed E-state index contributed by atoms with van der Waals surface area (Å²) in [6, 6.07) is 3.39. The number of ether oxygens (including phenoxy) is 1. The zero-order chi connectivity index (χ0) is 12.7. The van der Waals surface area contributed by atoms with E-state index in [9.17, 15) is 22.7 Å². The van der Waals surface area contributed by atoms with Crippen molar-refractivity contribution in [3.8, 4) is 5.75 Å². The summed E-state index contributed by atoms with van der Waals surface area (Å²) in [5, 5.41) is 9.91. The molecule has 0 aromatic heterocycles. The zero-order valence-electron chi connectivity index (χ0n) is 8.72. The number of benzene rings is 1. The maximum Gasteiger partial charge on any atom is 0.573 e. The van der Waals surface area contributed by atoms with Crippen LogP contribution in [0.25, 0.3) is 0 Å². The Bertz CT molecular complexity index is 424. The van der Waals surface area contributed by atoms with Gasteiger partial charge in [-0.05, 0) is 25.3 Å². The van der Waals surface area contributed by atoms with Crippen LogP contribution >= 0.6 is 0 Å². The lowest BCUT2D eigenvalue weighted by molar-refractivity contribution is -0.275. The Labute approximate surface area is 94.8 Å². The van der Waals surface area contributed by atoms with Gasteiger partial charge in [0.1, 0.15) is 0 Å². The van der Waals surface area contributed by atoms with Gasteiger partial charge < -0.3 is 9.84 Å². The van der Waals surface area contributed by atoms with E-state index >= 15 is 0 Å². The quantitative estimate of drug-likeness (QED) is 0.817. The SMILES string of the molecule is OC1(c2cccc(OC(F)(F)F)c2F)CCC1. The van der Waals surface area contributed by atoms with Crippen LogP contribution in [0.5, 0.6) is 5.75 Å². The summed E-state index contributed by atoms with van der Waals surface area (Å²) in [5.41, 5.74) is -1.49. The monoisotopic (exact) mass is 250 g/mol. The fourth-order valence-corrected chi connectivity index (χ4v) is 1.85. The first-order valence-electron chi connectivity index (χ1n) is 5.09. The highest BCUT2D eigenvalue weighted by Crippen LogP contribution is 2.43. The van der Waals surface area contributed by atoms with Crippen LogP contribution in [0.3, 0.4) is 0 Å². The number of hydrogen-bond donors (Lipinski definition) is 1. The van der Waals surface area contributed by atoms with Crippen LogP contribution in [0.2, 0.25) is 0 Å². The van der Waals surface area contributed by atoms with Gasteiger partial charge in [0.25, 0.3) is 0 Å². The topological polar surface area (TPSA) is 29.5 Å². The van der Waals surface area contributed by atoms with Gasteiger partial charge in [-0.1, -0.05) is 12.1 Å². The first-order valence-corrected chi connectivity index (χ1v) is 5.09. The van der Waals surface area contributed by atoms with Gasteiger partial charge in [-0.3, -0.25) is 0 Å². The molecule has 94 valence electrons. The number of aliphatic hydroxyl groups is 1. The summed E-state index contributed by atoms with van der Waals surface area (Å²) in [5.74, 6) is -2.05. The predicted octanol–water partition coefficient (Wildman–Crippen LogP) is 3.10. The molecule has 1 aromatic rings. The molecule has 0 aliphatic heterocycles.